The molecule has 0 aliphatic carbocycles. The summed E-state index contributed by atoms with van der Waals surface area (Å²) in [7, 11) is -12.6. The first-order valence-electron chi connectivity index (χ1n) is 18.7. The van der Waals surface area contributed by atoms with Gasteiger partial charge >= 0.3 is 34.8 Å². The van der Waals surface area contributed by atoms with E-state index in [1.807, 2.05) is 30.3 Å². The molecule has 0 radical (unpaired) electrons. The number of carbonyl (C=O) groups is 6. The Morgan fingerprint density at radius 2 is 0.968 bits per heavy atom. The van der Waals surface area contributed by atoms with Crippen LogP contribution in [0.2, 0.25) is 0 Å². The predicted octanol–water partition coefficient (Wildman–Crippen LogP) is 2.31. The number of ether oxygens (including phenoxy) is 2. The molecule has 2 unspecified atom stereocenters. The third-order valence-corrected chi connectivity index (χ3v) is 10.5. The molecule has 2 aliphatic heterocycles. The van der Waals surface area contributed by atoms with Gasteiger partial charge in [-0.15, -0.1) is 0 Å². The fourth-order valence-electron chi connectivity index (χ4n) is 4.71. The number of amides is 8. The molecule has 62 heavy (non-hydrogen) atoms. The van der Waals surface area contributed by atoms with Crippen molar-refractivity contribution >= 4 is 68.9 Å². The van der Waals surface area contributed by atoms with Gasteiger partial charge in [0.05, 0.1) is 32.7 Å². The summed E-state index contributed by atoms with van der Waals surface area (Å²) in [5.41, 5.74) is 0. The largest absolute Gasteiger partial charge is 0.743 e. The van der Waals surface area contributed by atoms with Gasteiger partial charge in [0, 0.05) is 25.9 Å². The van der Waals surface area contributed by atoms with Gasteiger partial charge in [0.2, 0.25) is 24.2 Å². The van der Waals surface area contributed by atoms with Crippen LogP contribution in [0, 0.1) is 0 Å². The minimum Gasteiger partial charge on any atom is -0.743 e. The van der Waals surface area contributed by atoms with Gasteiger partial charge in [-0.3, -0.25) is 19.4 Å². The second kappa shape index (κ2) is 26.4. The van der Waals surface area contributed by atoms with Crippen molar-refractivity contribution < 1.29 is 95.4 Å². The number of hydrogen-bond donors (Lipinski definition) is 1. The number of halogens is 6. The minimum atomic E-state index is -6.29. The van der Waals surface area contributed by atoms with Crippen molar-refractivity contribution in [2.45, 2.75) is 88.0 Å². The van der Waals surface area contributed by atoms with Gasteiger partial charge in [-0.1, -0.05) is 32.0 Å². The van der Waals surface area contributed by atoms with E-state index in [4.69, 9.17) is 0 Å². The molecule has 1 N–H and O–H groups in total. The number of rotatable bonds is 15. The smallest absolute Gasteiger partial charge is 0.418 e. The maximum absolute atomic E-state index is 13.2. The molecular formula is C34H51F6N5O14S3. The van der Waals surface area contributed by atoms with E-state index >= 15 is 0 Å². The highest BCUT2D eigenvalue weighted by atomic mass is 32.2. The van der Waals surface area contributed by atoms with E-state index in [-0.39, 0.29) is 39.0 Å². The number of nitrogens with zero attached hydrogens (tertiary/aromatic N) is 4. The SMILES string of the molecule is CCCC(=O)N1CCN(C(=O)OCC(F)C(F)(F)S(=O)(=O)[O-])C1=O.CCCC(=O)N1CCN(C(=O)OCC(F)C(F)(F)S(=O)(=O)[O-])C1=O.CC[NH+](CC)CC.[SH2+]c1ccccc1. The summed E-state index contributed by atoms with van der Waals surface area (Å²) in [6, 6.07) is 7.84. The van der Waals surface area contributed by atoms with Crippen molar-refractivity contribution in [2.75, 3.05) is 59.0 Å². The lowest BCUT2D eigenvalue weighted by atomic mass is 10.3. The number of alkyl halides is 6. The zero-order chi connectivity index (χ0) is 48.2. The minimum absolute atomic E-state index is 0.0504. The summed E-state index contributed by atoms with van der Waals surface area (Å²) in [5, 5.41) is -10.6. The van der Waals surface area contributed by atoms with Crippen molar-refractivity contribution in [1.29, 1.82) is 0 Å². The lowest BCUT2D eigenvalue weighted by Gasteiger charge is -2.23. The predicted molar refractivity (Wildman–Crippen MR) is 207 cm³/mol. The monoisotopic (exact) mass is 963 g/mol. The normalized spacial score (nSPS) is 15.4. The van der Waals surface area contributed by atoms with E-state index < -0.39 is 92.4 Å². The second-order valence-corrected chi connectivity index (χ2v) is 16.2. The first-order valence-corrected chi connectivity index (χ1v) is 22.0. The number of urea groups is 2. The van der Waals surface area contributed by atoms with Crippen LogP contribution in [0.15, 0.2) is 35.2 Å². The zero-order valence-electron chi connectivity index (χ0n) is 34.3. The maximum atomic E-state index is 13.2. The Bertz CT molecular complexity index is 1750. The number of imide groups is 4. The highest BCUT2D eigenvalue weighted by Gasteiger charge is 2.50. The second-order valence-electron chi connectivity index (χ2n) is 12.8. The number of quaternary nitrogens is 1. The molecule has 3 rings (SSSR count). The summed E-state index contributed by atoms with van der Waals surface area (Å²) in [6.45, 7) is 9.50. The molecule has 2 saturated heterocycles. The lowest BCUT2D eigenvalue weighted by molar-refractivity contribution is -0.894. The molecule has 0 spiro atoms. The topological polar surface area (TPSA) is 253 Å². The third-order valence-electron chi connectivity index (χ3n) is 8.36. The summed E-state index contributed by atoms with van der Waals surface area (Å²) in [6.07, 6.45) is -9.25. The summed E-state index contributed by atoms with van der Waals surface area (Å²) >= 11 is 3.36. The van der Waals surface area contributed by atoms with Gasteiger partial charge in [0.15, 0.2) is 20.2 Å². The Labute approximate surface area is 360 Å². The summed E-state index contributed by atoms with van der Waals surface area (Å²) in [4.78, 5) is 75.0. The molecule has 28 heteroatoms. The maximum Gasteiger partial charge on any atom is 0.418 e. The highest BCUT2D eigenvalue weighted by Crippen LogP contribution is 2.29. The van der Waals surface area contributed by atoms with Crippen LogP contribution in [-0.4, -0.2) is 163 Å². The van der Waals surface area contributed by atoms with Crippen LogP contribution in [-0.2, 0) is 51.9 Å². The van der Waals surface area contributed by atoms with Crippen LogP contribution >= 0.6 is 0 Å². The molecule has 19 nitrogen and oxygen atoms in total. The van der Waals surface area contributed by atoms with Crippen LogP contribution in [0.1, 0.15) is 60.3 Å². The highest BCUT2D eigenvalue weighted by molar-refractivity contribution is 7.87. The van der Waals surface area contributed by atoms with Gasteiger partial charge < -0.3 is 23.5 Å². The number of hydrogen-bond acceptors (Lipinski definition) is 14. The average molecular weight is 964 g/mol. The molecule has 356 valence electrons. The van der Waals surface area contributed by atoms with E-state index in [0.29, 0.717) is 22.6 Å². The van der Waals surface area contributed by atoms with Gasteiger partial charge in [0.1, 0.15) is 18.1 Å². The standard InChI is InChI=1S/2C11H15F3N2O7S.C6H15N.C6H6S/c2*1-2-3-8(17)15-4-5-16(9(15)18)10(19)23-6-7(12)11(13,14)24(20,21)22;1-4-7(5-2)6-3;7-6-4-2-1-3-5-6/h2*7H,2-6H2,1H3,(H,20,21,22);4-6H2,1-3H3;1-5,7H. The molecule has 0 bridgehead atoms. The van der Waals surface area contributed by atoms with E-state index in [9.17, 15) is 81.1 Å². The molecular weight excluding hydrogens is 913 g/mol. The van der Waals surface area contributed by atoms with Gasteiger partial charge in [-0.25, -0.2) is 54.6 Å². The Hall–Kier alpha value is -4.25. The fraction of sp³-hybridized carbons (Fsp3) is 0.647. The zero-order valence-corrected chi connectivity index (χ0v) is 37.0. The Kier molecular flexibility index (Phi) is 24.6. The van der Waals surface area contributed by atoms with Gasteiger partial charge in [-0.05, 0) is 58.4 Å². The number of benzene rings is 1. The van der Waals surface area contributed by atoms with Crippen LogP contribution in [0.25, 0.3) is 0 Å². The molecule has 8 amide bonds. The molecule has 2 atom stereocenters. The molecule has 2 fully saturated rings. The molecule has 0 saturated carbocycles. The van der Waals surface area contributed by atoms with Gasteiger partial charge in [-0.2, -0.15) is 17.6 Å². The van der Waals surface area contributed by atoms with Crippen molar-refractivity contribution in [3.8, 4) is 0 Å². The van der Waals surface area contributed by atoms with Crippen molar-refractivity contribution in [3.63, 3.8) is 0 Å². The van der Waals surface area contributed by atoms with Crippen LogP contribution in [0.3, 0.4) is 0 Å². The molecule has 1 aromatic rings. The third kappa shape index (κ3) is 17.5. The van der Waals surface area contributed by atoms with E-state index in [1.54, 1.807) is 18.7 Å². The molecule has 1 aromatic carbocycles. The lowest BCUT2D eigenvalue weighted by Crippen LogP contribution is -3.11. The summed E-state index contributed by atoms with van der Waals surface area (Å²) in [5.74, 6) is -1.10. The fourth-order valence-corrected chi connectivity index (χ4v) is 5.67. The Balaban J connectivity index is 0.000000915. The van der Waals surface area contributed by atoms with E-state index in [0.717, 1.165) is 14.7 Å². The van der Waals surface area contributed by atoms with Crippen molar-refractivity contribution in [2.24, 2.45) is 0 Å². The average Bonchev–Trinajstić information content (AvgIpc) is 3.78. The Morgan fingerprint density at radius 3 is 1.19 bits per heavy atom. The quantitative estimate of drug-likeness (QED) is 0.151. The number of nitrogens with one attached hydrogen (secondary N) is 1. The Morgan fingerprint density at radius 1 is 0.661 bits per heavy atom. The number of carbonyl (C=O) groups excluding carboxylic acids is 6. The first-order chi connectivity index (χ1) is 28.6. The molecule has 2 heterocycles. The molecule has 2 aliphatic rings. The van der Waals surface area contributed by atoms with Crippen molar-refractivity contribution in [3.05, 3.63) is 30.3 Å². The van der Waals surface area contributed by atoms with Gasteiger partial charge in [0.25, 0.3) is 0 Å². The van der Waals surface area contributed by atoms with Crippen LogP contribution < -0.4 is 4.90 Å². The van der Waals surface area contributed by atoms with Crippen molar-refractivity contribution in [1.82, 2.24) is 19.6 Å². The van der Waals surface area contributed by atoms with Crippen LogP contribution in [0.4, 0.5) is 45.5 Å². The molecule has 0 aromatic heterocycles. The first kappa shape index (κ1) is 57.8. The summed E-state index contributed by atoms with van der Waals surface area (Å²) < 4.78 is 147. The van der Waals surface area contributed by atoms with E-state index in [2.05, 4.69) is 42.9 Å². The van der Waals surface area contributed by atoms with Crippen LogP contribution in [0.5, 0.6) is 0 Å². The van der Waals surface area contributed by atoms with E-state index in [1.165, 1.54) is 19.6 Å².